The first-order valence-corrected chi connectivity index (χ1v) is 6.07. The third-order valence-corrected chi connectivity index (χ3v) is 2.95. The van der Waals surface area contributed by atoms with Gasteiger partial charge < -0.3 is 10.8 Å². The van der Waals surface area contributed by atoms with Gasteiger partial charge in [0.05, 0.1) is 12.2 Å². The molecule has 7 heteroatoms. The first kappa shape index (κ1) is 13.7. The predicted molar refractivity (Wildman–Crippen MR) is 70.4 cm³/mol. The second-order valence-corrected chi connectivity index (χ2v) is 4.26. The Morgan fingerprint density at radius 2 is 1.95 bits per heavy atom. The number of carboxylic acids is 1. The van der Waals surface area contributed by atoms with Crippen molar-refractivity contribution in [2.24, 2.45) is 5.73 Å². The molecule has 0 spiro atoms. The average molecular weight is 274 g/mol. The highest BCUT2D eigenvalue weighted by atomic mass is 16.4. The number of carbonyl (C=O) groups excluding carboxylic acids is 1. The maximum Gasteiger partial charge on any atom is 0.358 e. The zero-order valence-corrected chi connectivity index (χ0v) is 10.9. The number of nitrogens with zero attached hydrogens (tertiary/aromatic N) is 3. The van der Waals surface area contributed by atoms with Gasteiger partial charge in [-0.25, -0.2) is 9.48 Å². The molecule has 104 valence electrons. The van der Waals surface area contributed by atoms with E-state index in [4.69, 9.17) is 10.8 Å². The van der Waals surface area contributed by atoms with Crippen LogP contribution in [0.5, 0.6) is 0 Å². The van der Waals surface area contributed by atoms with Crippen LogP contribution in [0.25, 0.3) is 0 Å². The molecular formula is C13H14N4O3. The van der Waals surface area contributed by atoms with Gasteiger partial charge in [0.25, 0.3) is 0 Å². The van der Waals surface area contributed by atoms with E-state index < -0.39 is 11.9 Å². The Morgan fingerprint density at radius 3 is 2.45 bits per heavy atom. The molecule has 0 fully saturated rings. The molecular weight excluding hydrogens is 260 g/mol. The number of benzene rings is 1. The second-order valence-electron chi connectivity index (χ2n) is 4.26. The molecule has 1 aromatic carbocycles. The number of rotatable bonds is 5. The molecule has 3 N–H and O–H groups in total. The molecule has 0 atom stereocenters. The molecule has 0 aliphatic carbocycles. The number of hydrogen-bond acceptors (Lipinski definition) is 4. The molecule has 2 aromatic rings. The molecule has 1 aromatic heterocycles. The molecule has 0 saturated heterocycles. The molecule has 0 unspecified atom stereocenters. The second kappa shape index (κ2) is 5.52. The van der Waals surface area contributed by atoms with E-state index in [2.05, 4.69) is 10.3 Å². The van der Waals surface area contributed by atoms with E-state index in [0.29, 0.717) is 24.2 Å². The lowest BCUT2D eigenvalue weighted by atomic mass is 10.1. The van der Waals surface area contributed by atoms with Gasteiger partial charge >= 0.3 is 5.97 Å². The van der Waals surface area contributed by atoms with E-state index in [9.17, 15) is 9.59 Å². The Hall–Kier alpha value is -2.70. The summed E-state index contributed by atoms with van der Waals surface area (Å²) >= 11 is 0. The fourth-order valence-corrected chi connectivity index (χ4v) is 1.92. The molecule has 0 aliphatic heterocycles. The van der Waals surface area contributed by atoms with Crippen molar-refractivity contribution in [3.8, 4) is 0 Å². The topological polar surface area (TPSA) is 111 Å². The minimum Gasteiger partial charge on any atom is -0.476 e. The molecule has 0 bridgehead atoms. The maximum absolute atomic E-state index is 11.0. The first-order chi connectivity index (χ1) is 9.52. The van der Waals surface area contributed by atoms with Crippen LogP contribution in [0.1, 0.15) is 39.0 Å². The van der Waals surface area contributed by atoms with E-state index in [-0.39, 0.29) is 5.69 Å². The summed E-state index contributed by atoms with van der Waals surface area (Å²) in [6, 6.07) is 6.75. The SMILES string of the molecule is CCc1c(C(=O)O)nnn1Cc1ccc(C(N)=O)cc1. The molecule has 0 radical (unpaired) electrons. The number of carbonyl (C=O) groups is 2. The van der Waals surface area contributed by atoms with Crippen LogP contribution in [0.15, 0.2) is 24.3 Å². The van der Waals surface area contributed by atoms with Crippen LogP contribution in [0.4, 0.5) is 0 Å². The average Bonchev–Trinajstić information content (AvgIpc) is 2.82. The lowest BCUT2D eigenvalue weighted by Gasteiger charge is -2.06. The van der Waals surface area contributed by atoms with Crippen LogP contribution >= 0.6 is 0 Å². The summed E-state index contributed by atoms with van der Waals surface area (Å²) in [5.41, 5.74) is 7.01. The molecule has 1 heterocycles. The smallest absolute Gasteiger partial charge is 0.358 e. The van der Waals surface area contributed by atoms with E-state index in [0.717, 1.165) is 5.56 Å². The number of carboxylic acid groups (broad SMARTS) is 1. The van der Waals surface area contributed by atoms with Gasteiger partial charge in [0.1, 0.15) is 0 Å². The molecule has 1 amide bonds. The quantitative estimate of drug-likeness (QED) is 0.833. The standard InChI is InChI=1S/C13H14N4O3/c1-2-10-11(13(19)20)15-16-17(10)7-8-3-5-9(6-4-8)12(14)18/h3-6H,2,7H2,1H3,(H2,14,18)(H,19,20). The van der Waals surface area contributed by atoms with Crippen LogP contribution in [0, 0.1) is 0 Å². The number of primary amides is 1. The predicted octanol–water partition coefficient (Wildman–Crippen LogP) is 0.686. The van der Waals surface area contributed by atoms with Gasteiger partial charge in [-0.15, -0.1) is 5.10 Å². The van der Waals surface area contributed by atoms with E-state index in [1.165, 1.54) is 0 Å². The first-order valence-electron chi connectivity index (χ1n) is 6.07. The van der Waals surface area contributed by atoms with Crippen molar-refractivity contribution in [2.45, 2.75) is 19.9 Å². The van der Waals surface area contributed by atoms with Gasteiger partial charge in [-0.1, -0.05) is 24.3 Å². The number of aromatic carboxylic acids is 1. The van der Waals surface area contributed by atoms with Gasteiger partial charge in [0.15, 0.2) is 5.69 Å². The summed E-state index contributed by atoms with van der Waals surface area (Å²) in [5, 5.41) is 16.5. The molecule has 20 heavy (non-hydrogen) atoms. The van der Waals surface area contributed by atoms with Gasteiger partial charge in [-0.3, -0.25) is 4.79 Å². The lowest BCUT2D eigenvalue weighted by molar-refractivity contribution is 0.0689. The summed E-state index contributed by atoms with van der Waals surface area (Å²) < 4.78 is 1.54. The van der Waals surface area contributed by atoms with E-state index in [1.807, 2.05) is 6.92 Å². The molecule has 0 saturated carbocycles. The van der Waals surface area contributed by atoms with Crippen molar-refractivity contribution < 1.29 is 14.7 Å². The van der Waals surface area contributed by atoms with Crippen molar-refractivity contribution in [1.82, 2.24) is 15.0 Å². The zero-order valence-electron chi connectivity index (χ0n) is 10.9. The van der Waals surface area contributed by atoms with E-state index in [1.54, 1.807) is 28.9 Å². The van der Waals surface area contributed by atoms with E-state index >= 15 is 0 Å². The number of nitrogens with two attached hydrogens (primary N) is 1. The Bertz CT molecular complexity index is 646. The Labute approximate surface area is 115 Å². The number of amides is 1. The van der Waals surface area contributed by atoms with Crippen molar-refractivity contribution in [2.75, 3.05) is 0 Å². The normalized spacial score (nSPS) is 10.4. The van der Waals surface area contributed by atoms with Crippen molar-refractivity contribution >= 4 is 11.9 Å². The van der Waals surface area contributed by atoms with Gasteiger partial charge in [-0.2, -0.15) is 0 Å². The highest BCUT2D eigenvalue weighted by Crippen LogP contribution is 2.11. The molecule has 0 aliphatic rings. The molecule has 2 rings (SSSR count). The van der Waals surface area contributed by atoms with Crippen LogP contribution in [0.2, 0.25) is 0 Å². The van der Waals surface area contributed by atoms with Gasteiger partial charge in [-0.05, 0) is 24.1 Å². The van der Waals surface area contributed by atoms with Gasteiger partial charge in [0.2, 0.25) is 5.91 Å². The number of aromatic nitrogens is 3. The Kier molecular flexibility index (Phi) is 3.79. The summed E-state index contributed by atoms with van der Waals surface area (Å²) in [5.74, 6) is -1.57. The summed E-state index contributed by atoms with van der Waals surface area (Å²) in [6.07, 6.45) is 0.522. The van der Waals surface area contributed by atoms with Crippen molar-refractivity contribution in [3.05, 3.63) is 46.8 Å². The minimum atomic E-state index is -1.09. The Balaban J connectivity index is 2.26. The minimum absolute atomic E-state index is 0.0266. The highest BCUT2D eigenvalue weighted by molar-refractivity contribution is 5.92. The van der Waals surface area contributed by atoms with Crippen molar-refractivity contribution in [3.63, 3.8) is 0 Å². The fourth-order valence-electron chi connectivity index (χ4n) is 1.92. The lowest BCUT2D eigenvalue weighted by Crippen LogP contribution is -2.11. The largest absolute Gasteiger partial charge is 0.476 e. The van der Waals surface area contributed by atoms with Crippen LogP contribution in [-0.2, 0) is 13.0 Å². The Morgan fingerprint density at radius 1 is 1.30 bits per heavy atom. The monoisotopic (exact) mass is 274 g/mol. The van der Waals surface area contributed by atoms with Gasteiger partial charge in [0, 0.05) is 5.56 Å². The highest BCUT2D eigenvalue weighted by Gasteiger charge is 2.17. The van der Waals surface area contributed by atoms with Crippen LogP contribution in [-0.4, -0.2) is 32.0 Å². The van der Waals surface area contributed by atoms with Crippen LogP contribution in [0.3, 0.4) is 0 Å². The summed E-state index contributed by atoms with van der Waals surface area (Å²) in [6.45, 7) is 2.24. The van der Waals surface area contributed by atoms with Crippen LogP contribution < -0.4 is 5.73 Å². The molecule has 7 nitrogen and oxygen atoms in total. The zero-order chi connectivity index (χ0) is 14.7. The third-order valence-electron chi connectivity index (χ3n) is 2.95. The number of hydrogen-bond donors (Lipinski definition) is 2. The summed E-state index contributed by atoms with van der Waals surface area (Å²) in [4.78, 5) is 22.0. The maximum atomic E-state index is 11.0. The summed E-state index contributed by atoms with van der Waals surface area (Å²) in [7, 11) is 0. The van der Waals surface area contributed by atoms with Crippen molar-refractivity contribution in [1.29, 1.82) is 0 Å². The fraction of sp³-hybridized carbons (Fsp3) is 0.231. The third kappa shape index (κ3) is 2.66.